The molecule has 0 aliphatic heterocycles. The summed E-state index contributed by atoms with van der Waals surface area (Å²) >= 11 is 0. The number of ether oxygens (including phenoxy) is 7. The number of hydrogen-bond donors (Lipinski definition) is 4. The van der Waals surface area contributed by atoms with Crippen LogP contribution in [0, 0.1) is 17.8 Å². The van der Waals surface area contributed by atoms with Crippen LogP contribution in [-0.2, 0) is 38.1 Å². The van der Waals surface area contributed by atoms with E-state index in [1.54, 1.807) is 78.0 Å². The van der Waals surface area contributed by atoms with E-state index in [1.807, 2.05) is 13.8 Å². The lowest BCUT2D eigenvalue weighted by molar-refractivity contribution is -0.149. The number of rotatable bonds is 20. The molecule has 63 heavy (non-hydrogen) atoms. The number of guanidine groups is 1. The number of nitrogens with one attached hydrogen (secondary N) is 4. The molecule has 1 aromatic carbocycles. The minimum absolute atomic E-state index is 0.0299. The predicted molar refractivity (Wildman–Crippen MR) is 236 cm³/mol. The van der Waals surface area contributed by atoms with Crippen molar-refractivity contribution in [2.75, 3.05) is 33.5 Å². The van der Waals surface area contributed by atoms with Gasteiger partial charge in [-0.05, 0) is 84.1 Å². The maximum absolute atomic E-state index is 13.5. The van der Waals surface area contributed by atoms with E-state index in [0.29, 0.717) is 29.9 Å². The van der Waals surface area contributed by atoms with Crippen molar-refractivity contribution in [2.24, 2.45) is 22.7 Å². The van der Waals surface area contributed by atoms with Crippen molar-refractivity contribution in [1.82, 2.24) is 21.3 Å². The Kier molecular flexibility index (Phi) is 21.7. The first-order valence-corrected chi connectivity index (χ1v) is 21.0. The molecule has 4 amide bonds. The molecule has 1 aliphatic carbocycles. The number of aliphatic imine (C=N–C) groups is 1. The third-order valence-corrected chi connectivity index (χ3v) is 9.30. The van der Waals surface area contributed by atoms with Crippen LogP contribution in [0.2, 0.25) is 0 Å². The summed E-state index contributed by atoms with van der Waals surface area (Å²) in [6.45, 7) is 23.0. The molecule has 0 bridgehead atoms. The maximum atomic E-state index is 13.5. The van der Waals surface area contributed by atoms with Gasteiger partial charge in [0.05, 0.1) is 19.6 Å². The van der Waals surface area contributed by atoms with Crippen molar-refractivity contribution in [3.8, 4) is 11.5 Å². The van der Waals surface area contributed by atoms with Gasteiger partial charge in [0, 0.05) is 37.5 Å². The van der Waals surface area contributed by atoms with Gasteiger partial charge in [-0.25, -0.2) is 19.2 Å². The SMILES string of the molecule is C=CCOc1ccc(/C=C/C(=O)OCCCNC(=O)O[C@H]2[C@@H]([C@@H](NC(C)=O)C(CC)CC)[C@H](NC(=NC(=O)OC(C)(C)C)NC(=O)OC(C)(C)C)C[C@@H]2C(=O)OC)cc1OCC=C. The van der Waals surface area contributed by atoms with Crippen LogP contribution in [0.25, 0.3) is 6.08 Å². The molecule has 350 valence electrons. The molecule has 2 rings (SSSR count). The third-order valence-electron chi connectivity index (χ3n) is 9.30. The van der Waals surface area contributed by atoms with Crippen LogP contribution >= 0.6 is 0 Å². The maximum Gasteiger partial charge on any atom is 0.437 e. The first kappa shape index (κ1) is 53.1. The van der Waals surface area contributed by atoms with E-state index < -0.39 is 71.4 Å². The van der Waals surface area contributed by atoms with Gasteiger partial charge in [-0.15, -0.1) is 4.99 Å². The van der Waals surface area contributed by atoms with Crippen LogP contribution < -0.4 is 30.7 Å². The molecule has 5 atom stereocenters. The predicted octanol–water partition coefficient (Wildman–Crippen LogP) is 6.38. The van der Waals surface area contributed by atoms with Crippen molar-refractivity contribution in [1.29, 1.82) is 0 Å². The second kappa shape index (κ2) is 25.8. The number of nitrogens with zero attached hydrogens (tertiary/aromatic N) is 1. The lowest BCUT2D eigenvalue weighted by Crippen LogP contribution is -2.57. The summed E-state index contributed by atoms with van der Waals surface area (Å²) in [4.78, 5) is 82.1. The quantitative estimate of drug-likeness (QED) is 0.0212. The summed E-state index contributed by atoms with van der Waals surface area (Å²) in [7, 11) is 1.20. The highest BCUT2D eigenvalue weighted by Gasteiger charge is 2.54. The minimum Gasteiger partial charge on any atom is -0.486 e. The molecule has 0 spiro atoms. The van der Waals surface area contributed by atoms with Crippen LogP contribution in [-0.4, -0.2) is 105 Å². The lowest BCUT2D eigenvalue weighted by atomic mass is 9.80. The van der Waals surface area contributed by atoms with E-state index in [0.717, 1.165) is 0 Å². The Morgan fingerprint density at radius 2 is 1.54 bits per heavy atom. The number of alkyl carbamates (subject to hydrolysis) is 2. The van der Waals surface area contributed by atoms with Crippen LogP contribution in [0.15, 0.2) is 54.6 Å². The first-order valence-electron chi connectivity index (χ1n) is 21.0. The van der Waals surface area contributed by atoms with Crippen LogP contribution in [0.5, 0.6) is 11.5 Å². The van der Waals surface area contributed by atoms with Crippen molar-refractivity contribution in [3.05, 3.63) is 55.1 Å². The Morgan fingerprint density at radius 3 is 2.11 bits per heavy atom. The Labute approximate surface area is 370 Å². The van der Waals surface area contributed by atoms with Crippen molar-refractivity contribution < 1.29 is 61.9 Å². The molecule has 0 unspecified atom stereocenters. The summed E-state index contributed by atoms with van der Waals surface area (Å²) in [5.74, 6) is -3.15. The molecule has 0 radical (unpaired) electrons. The van der Waals surface area contributed by atoms with Crippen LogP contribution in [0.4, 0.5) is 14.4 Å². The molecule has 0 aromatic heterocycles. The molecule has 1 aliphatic rings. The fraction of sp³-hybridized carbons (Fsp3) is 0.578. The highest BCUT2D eigenvalue weighted by Crippen LogP contribution is 2.40. The van der Waals surface area contributed by atoms with Gasteiger partial charge in [0.1, 0.15) is 30.5 Å². The smallest absolute Gasteiger partial charge is 0.437 e. The van der Waals surface area contributed by atoms with Gasteiger partial charge in [0.25, 0.3) is 0 Å². The Hall–Kier alpha value is -6.07. The molecular weight excluding hydrogens is 819 g/mol. The number of methoxy groups -OCH3 is 1. The van der Waals surface area contributed by atoms with Gasteiger partial charge in [0.15, 0.2) is 11.5 Å². The summed E-state index contributed by atoms with van der Waals surface area (Å²) in [6.07, 6.45) is 3.35. The van der Waals surface area contributed by atoms with Gasteiger partial charge in [-0.3, -0.25) is 14.9 Å². The van der Waals surface area contributed by atoms with E-state index in [1.165, 1.54) is 20.1 Å². The van der Waals surface area contributed by atoms with Gasteiger partial charge in [-0.1, -0.05) is 58.1 Å². The lowest BCUT2D eigenvalue weighted by Gasteiger charge is -2.38. The van der Waals surface area contributed by atoms with E-state index in [-0.39, 0.29) is 57.0 Å². The van der Waals surface area contributed by atoms with Crippen LogP contribution in [0.1, 0.15) is 93.6 Å². The summed E-state index contributed by atoms with van der Waals surface area (Å²) < 4.78 is 38.6. The normalized spacial score (nSPS) is 18.0. The molecule has 18 heteroatoms. The molecule has 1 aromatic rings. The molecule has 1 fully saturated rings. The average Bonchev–Trinajstić information content (AvgIpc) is 3.52. The second-order valence-corrected chi connectivity index (χ2v) is 16.6. The zero-order chi connectivity index (χ0) is 47.3. The van der Waals surface area contributed by atoms with Crippen LogP contribution in [0.3, 0.4) is 0 Å². The zero-order valence-electron chi connectivity index (χ0n) is 38.3. The Balaban J connectivity index is 2.32. The fourth-order valence-electron chi connectivity index (χ4n) is 6.79. The first-order chi connectivity index (χ1) is 29.6. The number of hydrogen-bond acceptors (Lipinski definition) is 13. The number of carbonyl (C=O) groups excluding carboxylic acids is 6. The Bertz CT molecular complexity index is 1800. The topological polar surface area (TPSA) is 228 Å². The van der Waals surface area contributed by atoms with E-state index in [9.17, 15) is 28.8 Å². The van der Waals surface area contributed by atoms with Gasteiger partial charge >= 0.3 is 30.2 Å². The molecule has 4 N–H and O–H groups in total. The number of esters is 2. The van der Waals surface area contributed by atoms with Crippen molar-refractivity contribution >= 4 is 48.2 Å². The van der Waals surface area contributed by atoms with E-state index in [2.05, 4.69) is 39.4 Å². The highest BCUT2D eigenvalue weighted by atomic mass is 16.6. The monoisotopic (exact) mass is 885 g/mol. The average molecular weight is 886 g/mol. The summed E-state index contributed by atoms with van der Waals surface area (Å²) in [6, 6.07) is 3.62. The van der Waals surface area contributed by atoms with Gasteiger partial charge in [-0.2, -0.15) is 0 Å². The van der Waals surface area contributed by atoms with Gasteiger partial charge < -0.3 is 49.1 Å². The summed E-state index contributed by atoms with van der Waals surface area (Å²) in [5, 5.41) is 11.2. The third kappa shape index (κ3) is 19.2. The van der Waals surface area contributed by atoms with Gasteiger partial charge in [0.2, 0.25) is 11.9 Å². The number of benzene rings is 1. The molecule has 0 saturated heterocycles. The Morgan fingerprint density at radius 1 is 0.905 bits per heavy atom. The highest BCUT2D eigenvalue weighted by molar-refractivity contribution is 5.99. The minimum atomic E-state index is -1.19. The standard InChI is InChI=1S/C45H67N5O13/c1-13-23-58-33-20-18-29(26-34(33)59-24-14-2)19-21-35(52)60-25-17-22-46-41(54)61-38-31(39(53)57-12)27-32(36(38)37(47-28(5)51)30(15-3)16-4)48-40(49-42(55)62-44(6,7)8)50-43(56)63-45(9,10)11/h13-14,18-21,26,30-32,36-38H,1-2,15-17,22-25,27H2,3-12H3,(H,46,54)(H,47,51)(H2,48,49,50,55,56)/b21-19+/t31-,32+,36+,37-,38+/m0/s1. The number of carbonyl (C=O) groups is 6. The van der Waals surface area contributed by atoms with E-state index >= 15 is 0 Å². The summed E-state index contributed by atoms with van der Waals surface area (Å²) in [5.41, 5.74) is -1.18. The zero-order valence-corrected chi connectivity index (χ0v) is 38.3. The van der Waals surface area contributed by atoms with E-state index in [4.69, 9.17) is 33.2 Å². The number of amides is 4. The van der Waals surface area contributed by atoms with Crippen molar-refractivity contribution in [3.63, 3.8) is 0 Å². The second-order valence-electron chi connectivity index (χ2n) is 16.6. The molecule has 1 saturated carbocycles. The van der Waals surface area contributed by atoms with Crippen molar-refractivity contribution in [2.45, 2.75) is 117 Å². The largest absolute Gasteiger partial charge is 0.486 e. The molecular formula is C45H67N5O13. The molecule has 18 nitrogen and oxygen atoms in total. The fourth-order valence-corrected chi connectivity index (χ4v) is 6.79. The molecule has 0 heterocycles.